The number of likely N-dealkylation sites (tertiary alicyclic amines) is 1. The molecular formula is C25H28N2O3. The van der Waals surface area contributed by atoms with E-state index in [9.17, 15) is 4.79 Å². The third-order valence-electron chi connectivity index (χ3n) is 6.27. The van der Waals surface area contributed by atoms with Crippen molar-refractivity contribution in [1.82, 2.24) is 4.90 Å². The fraction of sp³-hybridized carbons (Fsp3) is 0.440. The Bertz CT molecular complexity index is 933. The van der Waals surface area contributed by atoms with Gasteiger partial charge in [0, 0.05) is 13.0 Å². The monoisotopic (exact) mass is 404 g/mol. The Labute approximate surface area is 178 Å². The number of carbonyl (C=O) groups is 1. The van der Waals surface area contributed by atoms with Crippen LogP contribution >= 0.6 is 0 Å². The average molecular weight is 405 g/mol. The lowest BCUT2D eigenvalue weighted by atomic mass is 9.81. The van der Waals surface area contributed by atoms with Crippen molar-refractivity contribution in [3.8, 4) is 0 Å². The Morgan fingerprint density at radius 3 is 2.50 bits per heavy atom. The van der Waals surface area contributed by atoms with Gasteiger partial charge in [0.25, 0.3) is 0 Å². The molecule has 4 rings (SSSR count). The third kappa shape index (κ3) is 4.34. The van der Waals surface area contributed by atoms with Gasteiger partial charge in [-0.05, 0) is 44.2 Å². The lowest BCUT2D eigenvalue weighted by molar-refractivity contribution is -0.122. The van der Waals surface area contributed by atoms with E-state index in [4.69, 9.17) is 16.0 Å². The van der Waals surface area contributed by atoms with Crippen molar-refractivity contribution in [3.63, 3.8) is 0 Å². The van der Waals surface area contributed by atoms with Crippen LogP contribution in [0.5, 0.6) is 0 Å². The molecule has 0 aromatic heterocycles. The van der Waals surface area contributed by atoms with Crippen LogP contribution in [0.1, 0.15) is 56.7 Å². The first-order chi connectivity index (χ1) is 14.4. The van der Waals surface area contributed by atoms with Gasteiger partial charge in [-0.15, -0.1) is 0 Å². The zero-order valence-electron chi connectivity index (χ0n) is 17.6. The Morgan fingerprint density at radius 1 is 1.13 bits per heavy atom. The van der Waals surface area contributed by atoms with Gasteiger partial charge in [0.15, 0.2) is 5.69 Å². The van der Waals surface area contributed by atoms with Gasteiger partial charge in [0.1, 0.15) is 6.61 Å². The Balaban J connectivity index is 1.55. The van der Waals surface area contributed by atoms with Crippen LogP contribution in [0.3, 0.4) is 0 Å². The van der Waals surface area contributed by atoms with Gasteiger partial charge in [0.2, 0.25) is 0 Å². The van der Waals surface area contributed by atoms with Crippen molar-refractivity contribution < 1.29 is 14.3 Å². The summed E-state index contributed by atoms with van der Waals surface area (Å²) in [4.78, 5) is 18.3. The van der Waals surface area contributed by atoms with Gasteiger partial charge in [-0.2, -0.15) is 0 Å². The Kier molecular flexibility index (Phi) is 5.53. The summed E-state index contributed by atoms with van der Waals surface area (Å²) >= 11 is 0. The lowest BCUT2D eigenvalue weighted by Crippen LogP contribution is -2.49. The van der Waals surface area contributed by atoms with E-state index in [0.717, 1.165) is 36.8 Å². The maximum absolute atomic E-state index is 13.0. The molecule has 2 aliphatic rings. The van der Waals surface area contributed by atoms with Gasteiger partial charge < -0.3 is 14.4 Å². The second kappa shape index (κ2) is 8.12. The molecule has 156 valence electrons. The van der Waals surface area contributed by atoms with E-state index < -0.39 is 0 Å². The molecule has 0 bridgehead atoms. The quantitative estimate of drug-likeness (QED) is 0.586. The average Bonchev–Trinajstić information content (AvgIpc) is 3.06. The third-order valence-corrected chi connectivity index (χ3v) is 6.27. The molecule has 1 amide bonds. The zero-order chi connectivity index (χ0) is 21.2. The molecule has 2 unspecified atom stereocenters. The minimum absolute atomic E-state index is 0.129. The molecule has 2 aromatic rings. The molecule has 0 saturated carbocycles. The van der Waals surface area contributed by atoms with E-state index >= 15 is 0 Å². The van der Waals surface area contributed by atoms with Crippen LogP contribution in [0.25, 0.3) is 4.85 Å². The minimum Gasteiger partial charge on any atom is -0.445 e. The summed E-state index contributed by atoms with van der Waals surface area (Å²) in [5.41, 5.74) is 2.25. The van der Waals surface area contributed by atoms with Crippen molar-refractivity contribution in [1.29, 1.82) is 0 Å². The number of piperidine rings is 1. The van der Waals surface area contributed by atoms with Gasteiger partial charge in [0.05, 0.1) is 23.8 Å². The van der Waals surface area contributed by atoms with Crippen molar-refractivity contribution in [2.75, 3.05) is 6.54 Å². The number of rotatable bonds is 3. The maximum atomic E-state index is 13.0. The van der Waals surface area contributed by atoms with Crippen LogP contribution in [0.4, 0.5) is 10.5 Å². The number of nitrogens with zero attached hydrogens (tertiary/aromatic N) is 2. The molecule has 0 aliphatic carbocycles. The van der Waals surface area contributed by atoms with E-state index in [1.807, 2.05) is 59.5 Å². The molecule has 2 aliphatic heterocycles. The summed E-state index contributed by atoms with van der Waals surface area (Å²) in [6.45, 7) is 12.3. The summed E-state index contributed by atoms with van der Waals surface area (Å²) in [6.07, 6.45) is 3.28. The summed E-state index contributed by atoms with van der Waals surface area (Å²) in [5.74, 6) is 0. The number of benzene rings is 2. The fourth-order valence-corrected chi connectivity index (χ4v) is 4.67. The standard InChI is InChI=1S/C25H28N2O3/c1-24(2)13-14-25(30-24)15-16-27(23(28)29-18-19-7-5-4-6-8-19)22(17-25)20-9-11-21(26-3)12-10-20/h4-12,22H,13-18H2,1-2H3. The van der Waals surface area contributed by atoms with Crippen LogP contribution in [0, 0.1) is 6.57 Å². The topological polar surface area (TPSA) is 43.1 Å². The highest BCUT2D eigenvalue weighted by Gasteiger charge is 2.50. The van der Waals surface area contributed by atoms with Crippen molar-refractivity contribution in [3.05, 3.63) is 77.1 Å². The fourth-order valence-electron chi connectivity index (χ4n) is 4.67. The SMILES string of the molecule is [C-]#[N+]c1ccc(C2CC3(CCN2C(=O)OCc2ccccc2)CCC(C)(C)O3)cc1. The van der Waals surface area contributed by atoms with E-state index in [1.54, 1.807) is 0 Å². The summed E-state index contributed by atoms with van der Waals surface area (Å²) in [5, 5.41) is 0. The first kappa shape index (κ1) is 20.4. The first-order valence-electron chi connectivity index (χ1n) is 10.5. The van der Waals surface area contributed by atoms with Gasteiger partial charge in [-0.1, -0.05) is 54.6 Å². The first-order valence-corrected chi connectivity index (χ1v) is 10.5. The minimum atomic E-state index is -0.301. The molecule has 2 fully saturated rings. The molecule has 2 saturated heterocycles. The van der Waals surface area contributed by atoms with Crippen molar-refractivity contribution >= 4 is 11.8 Å². The predicted molar refractivity (Wildman–Crippen MR) is 115 cm³/mol. The number of ether oxygens (including phenoxy) is 2. The van der Waals surface area contributed by atoms with Crippen LogP contribution in [-0.2, 0) is 16.1 Å². The number of hydrogen-bond donors (Lipinski definition) is 0. The molecule has 5 heteroatoms. The highest BCUT2D eigenvalue weighted by atomic mass is 16.6. The number of amides is 1. The van der Waals surface area contributed by atoms with E-state index in [0.29, 0.717) is 12.2 Å². The molecule has 0 N–H and O–H groups in total. The molecule has 2 atom stereocenters. The highest BCUT2D eigenvalue weighted by molar-refractivity contribution is 5.69. The van der Waals surface area contributed by atoms with E-state index in [2.05, 4.69) is 18.7 Å². The van der Waals surface area contributed by atoms with Crippen molar-refractivity contribution in [2.24, 2.45) is 0 Å². The molecular weight excluding hydrogens is 376 g/mol. The molecule has 30 heavy (non-hydrogen) atoms. The predicted octanol–water partition coefficient (Wildman–Crippen LogP) is 6.04. The largest absolute Gasteiger partial charge is 0.445 e. The second-order valence-corrected chi connectivity index (χ2v) is 8.95. The van der Waals surface area contributed by atoms with E-state index in [1.165, 1.54) is 0 Å². The van der Waals surface area contributed by atoms with Crippen molar-refractivity contribution in [2.45, 2.75) is 63.4 Å². The Morgan fingerprint density at radius 2 is 1.87 bits per heavy atom. The molecule has 1 spiro atoms. The zero-order valence-corrected chi connectivity index (χ0v) is 17.6. The van der Waals surface area contributed by atoms with Gasteiger partial charge in [-0.25, -0.2) is 9.64 Å². The molecule has 2 aromatic carbocycles. The van der Waals surface area contributed by atoms with Crippen LogP contribution < -0.4 is 0 Å². The Hall–Kier alpha value is -2.84. The summed E-state index contributed by atoms with van der Waals surface area (Å²) < 4.78 is 12.2. The van der Waals surface area contributed by atoms with E-state index in [-0.39, 0.29) is 29.9 Å². The number of hydrogen-bond acceptors (Lipinski definition) is 3. The normalized spacial score (nSPS) is 25.1. The van der Waals surface area contributed by atoms with Gasteiger partial charge in [-0.3, -0.25) is 0 Å². The van der Waals surface area contributed by atoms with Crippen LogP contribution in [0.15, 0.2) is 54.6 Å². The maximum Gasteiger partial charge on any atom is 0.410 e. The van der Waals surface area contributed by atoms with Crippen LogP contribution in [0.2, 0.25) is 0 Å². The lowest BCUT2D eigenvalue weighted by Gasteiger charge is -2.45. The van der Waals surface area contributed by atoms with Gasteiger partial charge >= 0.3 is 6.09 Å². The second-order valence-electron chi connectivity index (χ2n) is 8.95. The summed E-state index contributed by atoms with van der Waals surface area (Å²) in [6, 6.07) is 17.1. The number of carbonyl (C=O) groups excluding carboxylic acids is 1. The molecule has 0 radical (unpaired) electrons. The smallest absolute Gasteiger partial charge is 0.410 e. The van der Waals surface area contributed by atoms with Crippen LogP contribution in [-0.4, -0.2) is 28.7 Å². The molecule has 5 nitrogen and oxygen atoms in total. The highest BCUT2D eigenvalue weighted by Crippen LogP contribution is 2.49. The summed E-state index contributed by atoms with van der Waals surface area (Å²) in [7, 11) is 0. The molecule has 2 heterocycles.